The third kappa shape index (κ3) is 3.73. The molecule has 0 spiro atoms. The van der Waals surface area contributed by atoms with E-state index in [9.17, 15) is 0 Å². The molecule has 1 aliphatic rings. The Balaban J connectivity index is 1.98. The van der Waals surface area contributed by atoms with Gasteiger partial charge in [0, 0.05) is 6.04 Å². The standard InChI is InChI=1S/C17H27NO/c1-4-16(18-3)14-9-11-15(12-10-14)19-17-8-6-5-7-13(17)2/h9-13,16-18H,4-8H2,1-3H3. The number of rotatable bonds is 5. The molecule has 0 heterocycles. The van der Waals surface area contributed by atoms with Gasteiger partial charge in [-0.1, -0.05) is 32.4 Å². The first kappa shape index (κ1) is 14.4. The molecule has 2 rings (SSSR count). The van der Waals surface area contributed by atoms with Gasteiger partial charge >= 0.3 is 0 Å². The third-order valence-corrected chi connectivity index (χ3v) is 4.36. The average molecular weight is 261 g/mol. The number of nitrogens with one attached hydrogen (secondary N) is 1. The molecule has 19 heavy (non-hydrogen) atoms. The Morgan fingerprint density at radius 1 is 1.21 bits per heavy atom. The monoisotopic (exact) mass is 261 g/mol. The van der Waals surface area contributed by atoms with Crippen LogP contribution < -0.4 is 10.1 Å². The molecule has 1 saturated carbocycles. The first-order valence-electron chi connectivity index (χ1n) is 7.68. The fraction of sp³-hybridized carbons (Fsp3) is 0.647. The maximum absolute atomic E-state index is 6.15. The lowest BCUT2D eigenvalue weighted by atomic mass is 9.88. The fourth-order valence-electron chi connectivity index (χ4n) is 3.02. The molecule has 0 aliphatic heterocycles. The van der Waals surface area contributed by atoms with Crippen LogP contribution in [0.15, 0.2) is 24.3 Å². The van der Waals surface area contributed by atoms with E-state index in [1.165, 1.54) is 31.2 Å². The second kappa shape index (κ2) is 6.95. The summed E-state index contributed by atoms with van der Waals surface area (Å²) in [6.45, 7) is 4.52. The minimum absolute atomic E-state index is 0.408. The molecule has 0 amide bonds. The van der Waals surface area contributed by atoms with Crippen LogP contribution in [0.25, 0.3) is 0 Å². The summed E-state index contributed by atoms with van der Waals surface area (Å²) >= 11 is 0. The summed E-state index contributed by atoms with van der Waals surface area (Å²) in [5.74, 6) is 1.71. The zero-order valence-electron chi connectivity index (χ0n) is 12.5. The van der Waals surface area contributed by atoms with Crippen molar-refractivity contribution in [3.8, 4) is 5.75 Å². The van der Waals surface area contributed by atoms with Crippen LogP contribution >= 0.6 is 0 Å². The van der Waals surface area contributed by atoms with Crippen molar-refractivity contribution in [1.82, 2.24) is 5.32 Å². The van der Waals surface area contributed by atoms with Gasteiger partial charge < -0.3 is 10.1 Å². The summed E-state index contributed by atoms with van der Waals surface area (Å²) in [5.41, 5.74) is 1.34. The average Bonchev–Trinajstić information content (AvgIpc) is 2.44. The van der Waals surface area contributed by atoms with Gasteiger partial charge in [-0.3, -0.25) is 0 Å². The van der Waals surface area contributed by atoms with Gasteiger partial charge in [-0.2, -0.15) is 0 Å². The maximum atomic E-state index is 6.15. The van der Waals surface area contributed by atoms with Crippen molar-refractivity contribution < 1.29 is 4.74 Å². The lowest BCUT2D eigenvalue weighted by Gasteiger charge is -2.29. The van der Waals surface area contributed by atoms with Crippen molar-refractivity contribution in [2.75, 3.05) is 7.05 Å². The molecule has 1 aromatic carbocycles. The zero-order valence-corrected chi connectivity index (χ0v) is 12.5. The maximum Gasteiger partial charge on any atom is 0.119 e. The number of hydrogen-bond donors (Lipinski definition) is 1. The Hall–Kier alpha value is -1.02. The predicted molar refractivity (Wildman–Crippen MR) is 80.6 cm³/mol. The lowest BCUT2D eigenvalue weighted by molar-refractivity contribution is 0.102. The van der Waals surface area contributed by atoms with E-state index in [1.54, 1.807) is 0 Å². The minimum Gasteiger partial charge on any atom is -0.490 e. The van der Waals surface area contributed by atoms with Gasteiger partial charge in [-0.05, 0) is 56.3 Å². The molecular weight excluding hydrogens is 234 g/mol. The SMILES string of the molecule is CCC(NC)c1ccc(OC2CCCCC2C)cc1. The molecule has 0 aromatic heterocycles. The van der Waals surface area contributed by atoms with Crippen molar-refractivity contribution in [1.29, 1.82) is 0 Å². The highest BCUT2D eigenvalue weighted by atomic mass is 16.5. The molecule has 2 nitrogen and oxygen atoms in total. The number of ether oxygens (including phenoxy) is 1. The van der Waals surface area contributed by atoms with Crippen molar-refractivity contribution in [2.45, 2.75) is 58.1 Å². The Morgan fingerprint density at radius 3 is 2.47 bits per heavy atom. The second-order valence-corrected chi connectivity index (χ2v) is 5.74. The molecular formula is C17H27NO. The van der Waals surface area contributed by atoms with Crippen molar-refractivity contribution in [2.24, 2.45) is 5.92 Å². The first-order chi connectivity index (χ1) is 9.24. The molecule has 1 N–H and O–H groups in total. The van der Waals surface area contributed by atoms with E-state index in [2.05, 4.69) is 43.4 Å². The molecule has 3 unspecified atom stereocenters. The Morgan fingerprint density at radius 2 is 1.89 bits per heavy atom. The molecule has 1 fully saturated rings. The number of hydrogen-bond acceptors (Lipinski definition) is 2. The van der Waals surface area contributed by atoms with Gasteiger partial charge in [0.1, 0.15) is 11.9 Å². The van der Waals surface area contributed by atoms with Gasteiger partial charge in [-0.25, -0.2) is 0 Å². The van der Waals surface area contributed by atoms with Gasteiger partial charge in [0.05, 0.1) is 0 Å². The van der Waals surface area contributed by atoms with Crippen LogP contribution in [0.4, 0.5) is 0 Å². The van der Waals surface area contributed by atoms with Crippen LogP contribution in [-0.4, -0.2) is 13.2 Å². The topological polar surface area (TPSA) is 21.3 Å². The summed E-state index contributed by atoms with van der Waals surface area (Å²) in [6, 6.07) is 9.07. The van der Waals surface area contributed by atoms with Gasteiger partial charge in [0.15, 0.2) is 0 Å². The third-order valence-electron chi connectivity index (χ3n) is 4.36. The summed E-state index contributed by atoms with van der Waals surface area (Å²) in [4.78, 5) is 0. The molecule has 106 valence electrons. The van der Waals surface area contributed by atoms with E-state index in [4.69, 9.17) is 4.74 Å². The Kier molecular flexibility index (Phi) is 5.26. The van der Waals surface area contributed by atoms with E-state index in [0.29, 0.717) is 18.1 Å². The smallest absolute Gasteiger partial charge is 0.119 e. The fourth-order valence-corrected chi connectivity index (χ4v) is 3.02. The summed E-state index contributed by atoms with van der Waals surface area (Å²) in [6.07, 6.45) is 6.70. The van der Waals surface area contributed by atoms with Crippen LogP contribution in [0.5, 0.6) is 5.75 Å². The van der Waals surface area contributed by atoms with Gasteiger partial charge in [0.2, 0.25) is 0 Å². The lowest BCUT2D eigenvalue weighted by Crippen LogP contribution is -2.28. The number of benzene rings is 1. The Labute approximate surface area is 117 Å². The predicted octanol–water partition coefficient (Wildman–Crippen LogP) is 4.31. The van der Waals surface area contributed by atoms with Crippen molar-refractivity contribution >= 4 is 0 Å². The molecule has 1 aromatic rings. The highest BCUT2D eigenvalue weighted by Crippen LogP contribution is 2.28. The first-order valence-corrected chi connectivity index (χ1v) is 7.68. The van der Waals surface area contributed by atoms with Crippen molar-refractivity contribution in [3.05, 3.63) is 29.8 Å². The summed E-state index contributed by atoms with van der Waals surface area (Å²) in [5, 5.41) is 3.34. The zero-order chi connectivity index (χ0) is 13.7. The van der Waals surface area contributed by atoms with Gasteiger partial charge in [-0.15, -0.1) is 0 Å². The van der Waals surface area contributed by atoms with E-state index in [1.807, 2.05) is 7.05 Å². The van der Waals surface area contributed by atoms with E-state index in [0.717, 1.165) is 12.2 Å². The molecule has 0 bridgehead atoms. The molecule has 3 atom stereocenters. The largest absolute Gasteiger partial charge is 0.490 e. The van der Waals surface area contributed by atoms with Crippen LogP contribution in [0, 0.1) is 5.92 Å². The van der Waals surface area contributed by atoms with Crippen LogP contribution in [0.2, 0.25) is 0 Å². The minimum atomic E-state index is 0.408. The quantitative estimate of drug-likeness (QED) is 0.852. The Bertz CT molecular complexity index is 369. The van der Waals surface area contributed by atoms with Crippen LogP contribution in [0.3, 0.4) is 0 Å². The van der Waals surface area contributed by atoms with Crippen LogP contribution in [0.1, 0.15) is 57.6 Å². The van der Waals surface area contributed by atoms with E-state index >= 15 is 0 Å². The molecule has 2 heteroatoms. The molecule has 1 aliphatic carbocycles. The highest BCUT2D eigenvalue weighted by molar-refractivity contribution is 5.29. The summed E-state index contributed by atoms with van der Waals surface area (Å²) < 4.78 is 6.15. The van der Waals surface area contributed by atoms with Gasteiger partial charge in [0.25, 0.3) is 0 Å². The second-order valence-electron chi connectivity index (χ2n) is 5.74. The van der Waals surface area contributed by atoms with E-state index < -0.39 is 0 Å². The summed E-state index contributed by atoms with van der Waals surface area (Å²) in [7, 11) is 2.02. The van der Waals surface area contributed by atoms with Crippen molar-refractivity contribution in [3.63, 3.8) is 0 Å². The van der Waals surface area contributed by atoms with E-state index in [-0.39, 0.29) is 0 Å². The normalized spacial score (nSPS) is 25.0. The van der Waals surface area contributed by atoms with Crippen LogP contribution in [-0.2, 0) is 0 Å². The molecule has 0 saturated heterocycles. The molecule has 0 radical (unpaired) electrons. The highest BCUT2D eigenvalue weighted by Gasteiger charge is 2.22.